The molecular formula is C25H20F5N3O2S. The summed E-state index contributed by atoms with van der Waals surface area (Å²) in [5.74, 6) is -1.71. The van der Waals surface area contributed by atoms with E-state index < -0.39 is 47.9 Å². The Hall–Kier alpha value is -3.34. The molecule has 1 aromatic heterocycles. The molecule has 2 aliphatic heterocycles. The van der Waals surface area contributed by atoms with E-state index in [4.69, 9.17) is 0 Å². The zero-order valence-corrected chi connectivity index (χ0v) is 20.0. The highest BCUT2D eigenvalue weighted by atomic mass is 32.2. The van der Waals surface area contributed by atoms with Crippen LogP contribution in [0.1, 0.15) is 45.7 Å². The highest BCUT2D eigenvalue weighted by Crippen LogP contribution is 2.44. The van der Waals surface area contributed by atoms with Crippen molar-refractivity contribution in [3.8, 4) is 0 Å². The fourth-order valence-corrected chi connectivity index (χ4v) is 5.80. The number of hydrogen-bond acceptors (Lipinski definition) is 4. The first kappa shape index (κ1) is 24.4. The molecule has 1 amide bonds. The average Bonchev–Trinajstić information content (AvgIpc) is 2.98. The Morgan fingerprint density at radius 1 is 1.06 bits per heavy atom. The predicted octanol–water partition coefficient (Wildman–Crippen LogP) is 5.13. The number of amides is 1. The van der Waals surface area contributed by atoms with Crippen molar-refractivity contribution in [2.45, 2.75) is 42.8 Å². The van der Waals surface area contributed by atoms with Gasteiger partial charge in [0.2, 0.25) is 0 Å². The molecule has 0 saturated carbocycles. The maximum Gasteiger partial charge on any atom is 0.408 e. The van der Waals surface area contributed by atoms with E-state index in [0.29, 0.717) is 21.6 Å². The van der Waals surface area contributed by atoms with Gasteiger partial charge in [-0.25, -0.2) is 8.78 Å². The SMILES string of the molecule is Cc1c2n(ccc1=O)N([C@@H]1c3ccc(F)cc3CSc3c(F)cccc31)CN(C(C)C(F)(F)F)C2=O. The van der Waals surface area contributed by atoms with E-state index >= 15 is 0 Å². The van der Waals surface area contributed by atoms with Gasteiger partial charge in [-0.3, -0.25) is 19.3 Å². The molecule has 36 heavy (non-hydrogen) atoms. The number of rotatable bonds is 2. The Labute approximate surface area is 207 Å². The third-order valence-electron chi connectivity index (χ3n) is 6.66. The zero-order chi connectivity index (χ0) is 25.9. The fraction of sp³-hybridized carbons (Fsp3) is 0.280. The van der Waals surface area contributed by atoms with Crippen molar-refractivity contribution >= 4 is 17.7 Å². The second-order valence-electron chi connectivity index (χ2n) is 8.76. The van der Waals surface area contributed by atoms with Crippen LogP contribution in [0.25, 0.3) is 0 Å². The number of nitrogens with zero attached hydrogens (tertiary/aromatic N) is 3. The number of benzene rings is 2. The van der Waals surface area contributed by atoms with Gasteiger partial charge in [-0.05, 0) is 48.7 Å². The van der Waals surface area contributed by atoms with Gasteiger partial charge in [0.1, 0.15) is 30.0 Å². The molecule has 0 spiro atoms. The van der Waals surface area contributed by atoms with Gasteiger partial charge in [-0.2, -0.15) is 13.2 Å². The molecule has 2 atom stereocenters. The minimum Gasteiger partial charge on any atom is -0.306 e. The quantitative estimate of drug-likeness (QED) is 0.439. The van der Waals surface area contributed by atoms with Crippen molar-refractivity contribution in [2.24, 2.45) is 0 Å². The van der Waals surface area contributed by atoms with Crippen molar-refractivity contribution in [3.63, 3.8) is 0 Å². The number of thioether (sulfide) groups is 1. The standard InChI is InChI=1S/C25H20F5N3O2S/c1-13-20(34)8-9-32-21(13)24(35)31(14(2)25(28,29)30)12-33(32)22-17-7-6-16(26)10-15(17)11-36-23-18(22)4-3-5-19(23)27/h3-10,14,22H,11-12H2,1-2H3/t14?,22-/m1/s1. The highest BCUT2D eigenvalue weighted by Gasteiger charge is 2.47. The van der Waals surface area contributed by atoms with Crippen LogP contribution in [-0.2, 0) is 5.75 Å². The zero-order valence-electron chi connectivity index (χ0n) is 19.1. The second-order valence-corrected chi connectivity index (χ2v) is 9.75. The van der Waals surface area contributed by atoms with Gasteiger partial charge in [-0.15, -0.1) is 11.8 Å². The largest absolute Gasteiger partial charge is 0.408 e. The topological polar surface area (TPSA) is 45.6 Å². The van der Waals surface area contributed by atoms with Gasteiger partial charge in [0, 0.05) is 28.5 Å². The molecule has 3 aromatic rings. The second kappa shape index (κ2) is 8.65. The first-order valence-corrected chi connectivity index (χ1v) is 12.0. The first-order valence-electron chi connectivity index (χ1n) is 11.1. The first-order chi connectivity index (χ1) is 17.0. The molecule has 1 unspecified atom stereocenters. The number of carbonyl (C=O) groups is 1. The number of pyridine rings is 1. The molecule has 5 nitrogen and oxygen atoms in total. The van der Waals surface area contributed by atoms with Crippen molar-refractivity contribution in [1.82, 2.24) is 9.58 Å². The summed E-state index contributed by atoms with van der Waals surface area (Å²) in [6.45, 7) is 1.75. The average molecular weight is 522 g/mol. The Morgan fingerprint density at radius 2 is 1.81 bits per heavy atom. The van der Waals surface area contributed by atoms with Crippen LogP contribution in [0.2, 0.25) is 0 Å². The van der Waals surface area contributed by atoms with Crippen LogP contribution in [0.5, 0.6) is 0 Å². The summed E-state index contributed by atoms with van der Waals surface area (Å²) in [6.07, 6.45) is -3.39. The molecule has 0 fully saturated rings. The molecule has 0 bridgehead atoms. The van der Waals surface area contributed by atoms with Crippen LogP contribution in [0, 0.1) is 18.6 Å². The summed E-state index contributed by atoms with van der Waals surface area (Å²) in [4.78, 5) is 26.6. The number of alkyl halides is 3. The molecule has 3 heterocycles. The normalized spacial score (nSPS) is 18.3. The Balaban J connectivity index is 1.80. The summed E-state index contributed by atoms with van der Waals surface area (Å²) >= 11 is 1.17. The molecule has 188 valence electrons. The summed E-state index contributed by atoms with van der Waals surface area (Å²) in [5, 5.41) is 1.49. The lowest BCUT2D eigenvalue weighted by Gasteiger charge is -2.46. The lowest BCUT2D eigenvalue weighted by molar-refractivity contribution is -0.173. The lowest BCUT2D eigenvalue weighted by atomic mass is 9.94. The fourth-order valence-electron chi connectivity index (χ4n) is 4.70. The maximum atomic E-state index is 15.0. The summed E-state index contributed by atoms with van der Waals surface area (Å²) in [7, 11) is 0. The van der Waals surface area contributed by atoms with Gasteiger partial charge in [-0.1, -0.05) is 18.2 Å². The van der Waals surface area contributed by atoms with Gasteiger partial charge >= 0.3 is 6.18 Å². The van der Waals surface area contributed by atoms with Crippen molar-refractivity contribution in [1.29, 1.82) is 0 Å². The van der Waals surface area contributed by atoms with Gasteiger partial charge in [0.25, 0.3) is 5.91 Å². The van der Waals surface area contributed by atoms with E-state index in [-0.39, 0.29) is 21.9 Å². The molecule has 0 radical (unpaired) electrons. The monoisotopic (exact) mass is 521 g/mol. The van der Waals surface area contributed by atoms with E-state index in [0.717, 1.165) is 6.92 Å². The number of fused-ring (bicyclic) bond motifs is 3. The Morgan fingerprint density at radius 3 is 2.53 bits per heavy atom. The lowest BCUT2D eigenvalue weighted by Crippen LogP contribution is -2.60. The molecule has 2 aliphatic rings. The van der Waals surface area contributed by atoms with Crippen molar-refractivity contribution in [3.05, 3.63) is 98.5 Å². The van der Waals surface area contributed by atoms with Crippen LogP contribution < -0.4 is 10.4 Å². The number of halogens is 5. The van der Waals surface area contributed by atoms with E-state index in [2.05, 4.69) is 0 Å². The third-order valence-corrected chi connectivity index (χ3v) is 7.84. The minimum absolute atomic E-state index is 0.00614. The van der Waals surface area contributed by atoms with Gasteiger partial charge < -0.3 is 4.90 Å². The van der Waals surface area contributed by atoms with Crippen LogP contribution >= 0.6 is 11.8 Å². The highest BCUT2D eigenvalue weighted by molar-refractivity contribution is 7.98. The van der Waals surface area contributed by atoms with Gasteiger partial charge in [0.05, 0.1) is 6.04 Å². The van der Waals surface area contributed by atoms with Crippen LogP contribution in [0.4, 0.5) is 22.0 Å². The number of carbonyl (C=O) groups excluding carboxylic acids is 1. The summed E-state index contributed by atoms with van der Waals surface area (Å²) in [6, 6.07) is 6.73. The predicted molar refractivity (Wildman–Crippen MR) is 124 cm³/mol. The Kier molecular flexibility index (Phi) is 5.85. The van der Waals surface area contributed by atoms with Crippen molar-refractivity contribution < 1.29 is 26.7 Å². The summed E-state index contributed by atoms with van der Waals surface area (Å²) in [5.41, 5.74) is 0.858. The van der Waals surface area contributed by atoms with E-state index in [1.54, 1.807) is 6.07 Å². The summed E-state index contributed by atoms with van der Waals surface area (Å²) < 4.78 is 71.9. The molecule has 5 rings (SSSR count). The van der Waals surface area contributed by atoms with E-state index in [1.165, 1.54) is 71.0 Å². The minimum atomic E-state index is -4.73. The molecule has 0 N–H and O–H groups in total. The molecule has 0 aliphatic carbocycles. The third kappa shape index (κ3) is 3.85. The van der Waals surface area contributed by atoms with Gasteiger partial charge in [0.15, 0.2) is 5.43 Å². The number of hydrogen-bond donors (Lipinski definition) is 0. The van der Waals surface area contributed by atoms with E-state index in [9.17, 15) is 31.5 Å². The van der Waals surface area contributed by atoms with Crippen molar-refractivity contribution in [2.75, 3.05) is 11.7 Å². The molecule has 0 saturated heterocycles. The number of aromatic nitrogens is 1. The maximum absolute atomic E-state index is 15.0. The molecular weight excluding hydrogens is 501 g/mol. The van der Waals surface area contributed by atoms with Crippen LogP contribution in [0.3, 0.4) is 0 Å². The smallest absolute Gasteiger partial charge is 0.306 e. The van der Waals surface area contributed by atoms with E-state index in [1.807, 2.05) is 0 Å². The molecule has 11 heteroatoms. The molecule has 2 aromatic carbocycles. The van der Waals surface area contributed by atoms with Crippen LogP contribution in [-0.4, -0.2) is 34.4 Å². The van der Waals surface area contributed by atoms with Crippen LogP contribution in [0.15, 0.2) is 58.4 Å². The Bertz CT molecular complexity index is 1440.